The van der Waals surface area contributed by atoms with Crippen molar-refractivity contribution in [2.45, 2.75) is 84.0 Å². The molecule has 0 aromatic rings. The van der Waals surface area contributed by atoms with Crippen LogP contribution in [0.4, 0.5) is 0 Å². The zero-order valence-electron chi connectivity index (χ0n) is 14.9. The van der Waals surface area contributed by atoms with Crippen molar-refractivity contribution in [1.29, 1.82) is 0 Å². The Morgan fingerprint density at radius 3 is 1.83 bits per heavy atom. The maximum atomic E-state index is 11.4. The average Bonchev–Trinajstić information content (AvgIpc) is 2.44. The van der Waals surface area contributed by atoms with Crippen LogP contribution in [0.5, 0.6) is 0 Å². The van der Waals surface area contributed by atoms with E-state index in [0.717, 1.165) is 19.3 Å². The fourth-order valence-electron chi connectivity index (χ4n) is 2.26. The molecule has 1 N–H and O–H groups in total. The first-order chi connectivity index (χ1) is 10.5. The summed E-state index contributed by atoms with van der Waals surface area (Å²) in [5.74, 6) is -0.645. The summed E-state index contributed by atoms with van der Waals surface area (Å²) < 4.78 is 34.3. The second-order valence-corrected chi connectivity index (χ2v) is 7.36. The van der Waals surface area contributed by atoms with E-state index in [1.54, 1.807) is 0 Å². The van der Waals surface area contributed by atoms with Gasteiger partial charge in [-0.2, -0.15) is 8.42 Å². The molecule has 0 aromatic carbocycles. The molecular weight excluding hydrogens is 327 g/mol. The van der Waals surface area contributed by atoms with E-state index in [-0.39, 0.29) is 54.3 Å². The molecule has 0 aliphatic carbocycles. The summed E-state index contributed by atoms with van der Waals surface area (Å²) >= 11 is 0. The normalized spacial score (nSPS) is 11.0. The van der Waals surface area contributed by atoms with Gasteiger partial charge in [0.2, 0.25) is 0 Å². The van der Waals surface area contributed by atoms with Gasteiger partial charge >= 0.3 is 5.97 Å². The minimum Gasteiger partial charge on any atom is -0.466 e. The van der Waals surface area contributed by atoms with Gasteiger partial charge in [-0.15, -0.1) is 0 Å². The van der Waals surface area contributed by atoms with Gasteiger partial charge in [-0.1, -0.05) is 64.7 Å². The van der Waals surface area contributed by atoms with Crippen molar-refractivity contribution in [2.24, 2.45) is 0 Å². The van der Waals surface area contributed by atoms with Crippen LogP contribution in [-0.4, -0.2) is 60.9 Å². The number of rotatable bonds is 15. The van der Waals surface area contributed by atoms with E-state index in [1.807, 2.05) is 0 Å². The Hall–Kier alpha value is 0.380. The molecule has 0 bridgehead atoms. The summed E-state index contributed by atoms with van der Waals surface area (Å²) in [6.07, 6.45) is 12.7. The van der Waals surface area contributed by atoms with Crippen LogP contribution in [0.3, 0.4) is 0 Å². The van der Waals surface area contributed by atoms with Gasteiger partial charge in [0.15, 0.2) is 0 Å². The van der Waals surface area contributed by atoms with Crippen LogP contribution in [0.1, 0.15) is 84.0 Å². The zero-order valence-corrected chi connectivity index (χ0v) is 17.7. The van der Waals surface area contributed by atoms with Gasteiger partial charge in [-0.3, -0.25) is 9.35 Å². The quantitative estimate of drug-likeness (QED) is 0.208. The largest absolute Gasteiger partial charge is 0.466 e. The summed E-state index contributed by atoms with van der Waals surface area (Å²) in [6.45, 7) is 2.27. The number of esters is 1. The number of hydrogen-bond acceptors (Lipinski definition) is 4. The van der Waals surface area contributed by atoms with Crippen molar-refractivity contribution in [3.63, 3.8) is 0 Å². The molecule has 5 nitrogen and oxygen atoms in total. The molecule has 0 spiro atoms. The minimum atomic E-state index is -3.95. The molecule has 133 valence electrons. The van der Waals surface area contributed by atoms with E-state index >= 15 is 0 Å². The Bertz CT molecular complexity index is 371. The molecule has 7 heteroatoms. The van der Waals surface area contributed by atoms with E-state index in [2.05, 4.69) is 6.92 Å². The standard InChI is InChI=1S/C16H32O5S.Na/c1-2-3-4-5-6-7-8-9-10-11-13-16(17)21-14-12-15-22(18,19)20;/h2-15H2,1H3,(H,18,19,20);. The first-order valence-electron chi connectivity index (χ1n) is 8.56. The molecule has 0 rings (SSSR count). The van der Waals surface area contributed by atoms with Crippen LogP contribution in [0, 0.1) is 0 Å². The third-order valence-electron chi connectivity index (χ3n) is 3.54. The van der Waals surface area contributed by atoms with Crippen LogP contribution >= 0.6 is 0 Å². The third kappa shape index (κ3) is 22.4. The molecule has 1 radical (unpaired) electrons. The van der Waals surface area contributed by atoms with Crippen molar-refractivity contribution in [2.75, 3.05) is 12.4 Å². The summed E-state index contributed by atoms with van der Waals surface area (Å²) in [4.78, 5) is 11.4. The molecule has 0 heterocycles. The topological polar surface area (TPSA) is 80.7 Å². The second kappa shape index (κ2) is 17.2. The number of carbonyl (C=O) groups excluding carboxylic acids is 1. The van der Waals surface area contributed by atoms with Gasteiger partial charge in [-0.25, -0.2) is 0 Å². The van der Waals surface area contributed by atoms with Crippen LogP contribution in [0.15, 0.2) is 0 Å². The van der Waals surface area contributed by atoms with Gasteiger partial charge in [0.05, 0.1) is 12.4 Å². The molecule has 0 unspecified atom stereocenters. The van der Waals surface area contributed by atoms with Crippen molar-refractivity contribution in [1.82, 2.24) is 0 Å². The smallest absolute Gasteiger partial charge is 0.305 e. The van der Waals surface area contributed by atoms with Gasteiger partial charge in [-0.05, 0) is 12.8 Å². The van der Waals surface area contributed by atoms with E-state index < -0.39 is 10.1 Å². The van der Waals surface area contributed by atoms with Gasteiger partial charge in [0.1, 0.15) is 0 Å². The molecule has 0 aliphatic rings. The summed E-state index contributed by atoms with van der Waals surface area (Å²) in [5, 5.41) is 0. The maximum Gasteiger partial charge on any atom is 0.305 e. The van der Waals surface area contributed by atoms with Crippen molar-refractivity contribution >= 4 is 45.6 Å². The van der Waals surface area contributed by atoms with Gasteiger partial charge in [0.25, 0.3) is 10.1 Å². The Morgan fingerprint density at radius 1 is 0.870 bits per heavy atom. The third-order valence-corrected chi connectivity index (χ3v) is 4.35. The fourth-order valence-corrected chi connectivity index (χ4v) is 2.74. The zero-order chi connectivity index (χ0) is 16.7. The maximum absolute atomic E-state index is 11.4. The molecule has 0 amide bonds. The van der Waals surface area contributed by atoms with Gasteiger partial charge in [0, 0.05) is 36.0 Å². The van der Waals surface area contributed by atoms with E-state index in [4.69, 9.17) is 9.29 Å². The molecule has 0 fully saturated rings. The first kappa shape index (κ1) is 25.6. The van der Waals surface area contributed by atoms with E-state index in [9.17, 15) is 13.2 Å². The van der Waals surface area contributed by atoms with E-state index in [0.29, 0.717) is 6.42 Å². The fraction of sp³-hybridized carbons (Fsp3) is 0.938. The Labute approximate surface area is 164 Å². The first-order valence-corrected chi connectivity index (χ1v) is 10.2. The summed E-state index contributed by atoms with van der Waals surface area (Å²) in [5.41, 5.74) is 0. The van der Waals surface area contributed by atoms with E-state index in [1.165, 1.54) is 44.9 Å². The molecule has 23 heavy (non-hydrogen) atoms. The van der Waals surface area contributed by atoms with Crippen LogP contribution in [0.25, 0.3) is 0 Å². The molecule has 0 saturated carbocycles. The summed E-state index contributed by atoms with van der Waals surface area (Å²) in [7, 11) is -3.95. The number of unbranched alkanes of at least 4 members (excludes halogenated alkanes) is 9. The van der Waals surface area contributed by atoms with Crippen LogP contribution in [-0.2, 0) is 19.6 Å². The summed E-state index contributed by atoms with van der Waals surface area (Å²) in [6, 6.07) is 0. The predicted octanol–water partition coefficient (Wildman–Crippen LogP) is 3.74. The second-order valence-electron chi connectivity index (χ2n) is 5.79. The number of carbonyl (C=O) groups is 1. The Morgan fingerprint density at radius 2 is 1.35 bits per heavy atom. The minimum absolute atomic E-state index is 0. The monoisotopic (exact) mass is 359 g/mol. The number of ether oxygens (including phenoxy) is 1. The SMILES string of the molecule is CCCCCCCCCCCCC(=O)OCCCS(=O)(=O)O.[Na]. The van der Waals surface area contributed by atoms with Crippen molar-refractivity contribution < 1.29 is 22.5 Å². The average molecular weight is 359 g/mol. The van der Waals surface area contributed by atoms with Crippen LogP contribution in [0.2, 0.25) is 0 Å². The Kier molecular flexibility index (Phi) is 19.2. The predicted molar refractivity (Wildman–Crippen MR) is 94.2 cm³/mol. The molecular formula is C16H32NaO5S. The molecule has 0 atom stereocenters. The Balaban J connectivity index is 0. The molecule has 0 aromatic heterocycles. The van der Waals surface area contributed by atoms with Crippen LogP contribution < -0.4 is 0 Å². The van der Waals surface area contributed by atoms with Crippen molar-refractivity contribution in [3.05, 3.63) is 0 Å². The number of hydrogen-bond donors (Lipinski definition) is 1. The van der Waals surface area contributed by atoms with Crippen molar-refractivity contribution in [3.8, 4) is 0 Å². The van der Waals surface area contributed by atoms with Gasteiger partial charge < -0.3 is 4.74 Å². The molecule has 0 aliphatic heterocycles. The molecule has 0 saturated heterocycles.